The second-order valence-electron chi connectivity index (χ2n) is 8.00. The van der Waals surface area contributed by atoms with Gasteiger partial charge in [0.2, 0.25) is 11.8 Å². The first-order valence-electron chi connectivity index (χ1n) is 9.94. The van der Waals surface area contributed by atoms with E-state index in [1.54, 1.807) is 18.0 Å². The minimum Gasteiger partial charge on any atom is -0.345 e. The van der Waals surface area contributed by atoms with Crippen LogP contribution in [0.4, 0.5) is 8.78 Å². The quantitative estimate of drug-likeness (QED) is 0.772. The van der Waals surface area contributed by atoms with E-state index in [4.69, 9.17) is 0 Å². The van der Waals surface area contributed by atoms with Crippen molar-refractivity contribution >= 4 is 17.7 Å². The number of nitrogens with one attached hydrogen (secondary N) is 1. The zero-order valence-corrected chi connectivity index (χ0v) is 17.3. The molecule has 0 spiro atoms. The molecule has 1 N–H and O–H groups in total. The smallest absolute Gasteiger partial charge is 0.263 e. The molecule has 30 heavy (non-hydrogen) atoms. The summed E-state index contributed by atoms with van der Waals surface area (Å²) in [6.45, 7) is 3.22. The van der Waals surface area contributed by atoms with E-state index < -0.39 is 36.3 Å². The van der Waals surface area contributed by atoms with Crippen molar-refractivity contribution in [1.82, 2.24) is 19.7 Å². The average molecular weight is 424 g/mol. The van der Waals surface area contributed by atoms with Crippen molar-refractivity contribution in [2.75, 3.05) is 19.6 Å². The normalized spacial score (nSPS) is 19.1. The Bertz CT molecular complexity index is 933. The van der Waals surface area contributed by atoms with Gasteiger partial charge in [-0.1, -0.05) is 0 Å². The third-order valence-corrected chi connectivity index (χ3v) is 5.66. The van der Waals surface area contributed by atoms with Crippen molar-refractivity contribution in [2.24, 2.45) is 7.05 Å². The minimum absolute atomic E-state index is 0.00206. The van der Waals surface area contributed by atoms with Crippen molar-refractivity contribution in [3.05, 3.63) is 33.2 Å². The Morgan fingerprint density at radius 1 is 1.13 bits per heavy atom. The van der Waals surface area contributed by atoms with Crippen LogP contribution in [0.5, 0.6) is 0 Å². The SMILES string of the molecule is CC(=O)N[C@@H](C)C(=O)N1CCc2c(cn(C)c(=O)c2C(=O)N2CCC(F)(F)CC2)C1. The maximum atomic E-state index is 13.5. The predicted molar refractivity (Wildman–Crippen MR) is 104 cm³/mol. The standard InChI is InChI=1S/C20H26F2N4O4/c1-12(23-13(2)27)17(28)26-7-4-15-14(11-26)10-24(3)18(29)16(15)19(30)25-8-5-20(21,22)6-9-25/h10,12H,4-9,11H2,1-3H3,(H,23,27)/t12-/m0/s1. The Morgan fingerprint density at radius 2 is 1.77 bits per heavy atom. The molecule has 0 saturated carbocycles. The number of nitrogens with zero attached hydrogens (tertiary/aromatic N) is 3. The number of hydrogen-bond donors (Lipinski definition) is 1. The first kappa shape index (κ1) is 21.9. The fourth-order valence-electron chi connectivity index (χ4n) is 4.03. The van der Waals surface area contributed by atoms with Crippen LogP contribution in [0.25, 0.3) is 0 Å². The van der Waals surface area contributed by atoms with Crippen LogP contribution >= 0.6 is 0 Å². The van der Waals surface area contributed by atoms with Crippen molar-refractivity contribution in [3.8, 4) is 0 Å². The lowest BCUT2D eigenvalue weighted by atomic mass is 9.94. The lowest BCUT2D eigenvalue weighted by Gasteiger charge is -2.34. The van der Waals surface area contributed by atoms with E-state index in [9.17, 15) is 28.0 Å². The van der Waals surface area contributed by atoms with Crippen LogP contribution in [0.2, 0.25) is 0 Å². The van der Waals surface area contributed by atoms with Gasteiger partial charge < -0.3 is 19.7 Å². The molecule has 3 amide bonds. The molecule has 2 aliphatic rings. The highest BCUT2D eigenvalue weighted by Crippen LogP contribution is 2.29. The van der Waals surface area contributed by atoms with E-state index >= 15 is 0 Å². The number of aromatic nitrogens is 1. The third-order valence-electron chi connectivity index (χ3n) is 5.66. The number of amides is 3. The molecule has 0 unspecified atom stereocenters. The molecule has 1 aromatic heterocycles. The van der Waals surface area contributed by atoms with Gasteiger partial charge in [-0.15, -0.1) is 0 Å². The van der Waals surface area contributed by atoms with Gasteiger partial charge in [-0.05, 0) is 24.5 Å². The summed E-state index contributed by atoms with van der Waals surface area (Å²) in [5.41, 5.74) is 0.763. The number of piperidine rings is 1. The van der Waals surface area contributed by atoms with Crippen LogP contribution in [0.3, 0.4) is 0 Å². The Balaban J connectivity index is 1.86. The van der Waals surface area contributed by atoms with Crippen LogP contribution in [-0.4, -0.2) is 63.7 Å². The summed E-state index contributed by atoms with van der Waals surface area (Å²) in [5.74, 6) is -3.88. The van der Waals surface area contributed by atoms with Crippen LogP contribution in [0, 0.1) is 0 Å². The Morgan fingerprint density at radius 3 is 2.37 bits per heavy atom. The summed E-state index contributed by atoms with van der Waals surface area (Å²) in [6, 6.07) is -0.687. The molecule has 0 aliphatic carbocycles. The number of hydrogen-bond acceptors (Lipinski definition) is 4. The number of likely N-dealkylation sites (tertiary alicyclic amines) is 1. The van der Waals surface area contributed by atoms with Crippen molar-refractivity contribution in [3.63, 3.8) is 0 Å². The number of pyridine rings is 1. The number of halogens is 2. The molecule has 0 aromatic carbocycles. The summed E-state index contributed by atoms with van der Waals surface area (Å²) in [5, 5.41) is 2.56. The first-order valence-corrected chi connectivity index (χ1v) is 9.94. The monoisotopic (exact) mass is 424 g/mol. The van der Waals surface area contributed by atoms with Gasteiger partial charge in [-0.2, -0.15) is 0 Å². The molecular formula is C20H26F2N4O4. The summed E-state index contributed by atoms with van der Waals surface area (Å²) in [4.78, 5) is 52.5. The summed E-state index contributed by atoms with van der Waals surface area (Å²) in [7, 11) is 1.52. The van der Waals surface area contributed by atoms with E-state index in [1.807, 2.05) is 0 Å². The van der Waals surface area contributed by atoms with Gasteiger partial charge in [0.25, 0.3) is 17.4 Å². The number of carbonyl (C=O) groups is 3. The van der Waals surface area contributed by atoms with Crippen molar-refractivity contribution in [2.45, 2.75) is 51.6 Å². The molecule has 1 saturated heterocycles. The molecule has 3 heterocycles. The van der Waals surface area contributed by atoms with Gasteiger partial charge >= 0.3 is 0 Å². The number of fused-ring (bicyclic) bond motifs is 1. The zero-order valence-electron chi connectivity index (χ0n) is 17.3. The van der Waals surface area contributed by atoms with Crippen molar-refractivity contribution in [1.29, 1.82) is 0 Å². The molecule has 2 aliphatic heterocycles. The maximum Gasteiger partial charge on any atom is 0.263 e. The molecule has 1 aromatic rings. The Hall–Kier alpha value is -2.78. The first-order chi connectivity index (χ1) is 14.0. The third kappa shape index (κ3) is 4.36. The fraction of sp³-hybridized carbons (Fsp3) is 0.600. The van der Waals surface area contributed by atoms with Crippen molar-refractivity contribution < 1.29 is 23.2 Å². The lowest BCUT2D eigenvalue weighted by molar-refractivity contribution is -0.136. The van der Waals surface area contributed by atoms with Gasteiger partial charge in [-0.25, -0.2) is 8.78 Å². The number of alkyl halides is 2. The van der Waals surface area contributed by atoms with Gasteiger partial charge in [-0.3, -0.25) is 19.2 Å². The van der Waals surface area contributed by atoms with Crippen LogP contribution in [0.15, 0.2) is 11.0 Å². The van der Waals surface area contributed by atoms with Gasteiger partial charge in [0.1, 0.15) is 11.6 Å². The summed E-state index contributed by atoms with van der Waals surface area (Å²) >= 11 is 0. The zero-order chi connectivity index (χ0) is 22.2. The van der Waals surface area contributed by atoms with Crippen LogP contribution in [-0.2, 0) is 29.6 Å². The Kier molecular flexibility index (Phi) is 5.96. The predicted octanol–water partition coefficient (Wildman–Crippen LogP) is 0.666. The van der Waals surface area contributed by atoms with E-state index in [1.165, 1.54) is 23.4 Å². The lowest BCUT2D eigenvalue weighted by Crippen LogP contribution is -2.49. The highest BCUT2D eigenvalue weighted by atomic mass is 19.3. The Labute approximate surface area is 172 Å². The summed E-state index contributed by atoms with van der Waals surface area (Å²) in [6.07, 6.45) is 1.06. The molecule has 8 nitrogen and oxygen atoms in total. The second-order valence-corrected chi connectivity index (χ2v) is 8.00. The number of aryl methyl sites for hydroxylation is 1. The van der Waals surface area contributed by atoms with Crippen LogP contribution < -0.4 is 10.9 Å². The minimum atomic E-state index is -2.79. The van der Waals surface area contributed by atoms with Gasteiger partial charge in [0.15, 0.2) is 0 Å². The van der Waals surface area contributed by atoms with E-state index in [-0.39, 0.29) is 37.0 Å². The van der Waals surface area contributed by atoms with Gasteiger partial charge in [0, 0.05) is 59.2 Å². The fourth-order valence-corrected chi connectivity index (χ4v) is 4.03. The maximum absolute atomic E-state index is 13.5. The van der Waals surface area contributed by atoms with E-state index in [2.05, 4.69) is 5.32 Å². The van der Waals surface area contributed by atoms with Gasteiger partial charge in [0.05, 0.1) is 0 Å². The molecule has 0 bridgehead atoms. The second kappa shape index (κ2) is 8.16. The largest absolute Gasteiger partial charge is 0.345 e. The van der Waals surface area contributed by atoms with Crippen LogP contribution in [0.1, 0.15) is 48.2 Å². The molecule has 3 rings (SSSR count). The average Bonchev–Trinajstić information content (AvgIpc) is 2.67. The topological polar surface area (TPSA) is 91.7 Å². The molecule has 1 atom stereocenters. The highest BCUT2D eigenvalue weighted by molar-refractivity contribution is 5.96. The van der Waals surface area contributed by atoms with E-state index in [0.717, 1.165) is 0 Å². The van der Waals surface area contributed by atoms with E-state index in [0.29, 0.717) is 24.1 Å². The molecular weight excluding hydrogens is 398 g/mol. The molecule has 1 fully saturated rings. The highest BCUT2D eigenvalue weighted by Gasteiger charge is 2.38. The molecule has 164 valence electrons. The number of rotatable bonds is 3. The molecule has 10 heteroatoms. The summed E-state index contributed by atoms with van der Waals surface area (Å²) < 4.78 is 28.2. The number of carbonyl (C=O) groups excluding carboxylic acids is 3. The molecule has 0 radical (unpaired) electrons.